The molecule has 39 heavy (non-hydrogen) atoms. The van der Waals surface area contributed by atoms with Crippen molar-refractivity contribution >= 4 is 38.7 Å². The number of nitrogens with zero attached hydrogens (tertiary/aromatic N) is 3. The number of aromatic nitrogens is 2. The number of alkyl halides is 3. The molecule has 1 fully saturated rings. The topological polar surface area (TPSA) is 98.4 Å². The van der Waals surface area contributed by atoms with Crippen LogP contribution in [0.5, 0.6) is 0 Å². The van der Waals surface area contributed by atoms with E-state index in [-0.39, 0.29) is 40.6 Å². The van der Waals surface area contributed by atoms with E-state index in [4.69, 9.17) is 11.6 Å². The van der Waals surface area contributed by atoms with Crippen LogP contribution in [-0.4, -0.2) is 40.2 Å². The van der Waals surface area contributed by atoms with Gasteiger partial charge < -0.3 is 0 Å². The summed E-state index contributed by atoms with van der Waals surface area (Å²) in [5.74, 6) is -0.374. The van der Waals surface area contributed by atoms with Gasteiger partial charge in [0.25, 0.3) is 15.6 Å². The zero-order valence-corrected chi connectivity index (χ0v) is 23.3. The second kappa shape index (κ2) is 11.0. The van der Waals surface area contributed by atoms with E-state index in [0.29, 0.717) is 17.2 Å². The van der Waals surface area contributed by atoms with Crippen LogP contribution >= 0.6 is 22.9 Å². The molecule has 1 aromatic carbocycles. The highest BCUT2D eigenvalue weighted by atomic mass is 35.5. The summed E-state index contributed by atoms with van der Waals surface area (Å²) >= 11 is 6.80. The van der Waals surface area contributed by atoms with Crippen molar-refractivity contribution in [3.8, 4) is 5.69 Å². The molecular weight excluding hydrogens is 579 g/mol. The first-order chi connectivity index (χ1) is 18.2. The number of hydrogen-bond acceptors (Lipinski definition) is 6. The van der Waals surface area contributed by atoms with E-state index in [1.807, 2.05) is 0 Å². The van der Waals surface area contributed by atoms with Crippen molar-refractivity contribution in [2.45, 2.75) is 62.0 Å². The number of thiophene rings is 1. The summed E-state index contributed by atoms with van der Waals surface area (Å²) in [6.07, 6.45) is -2.74. The van der Waals surface area contributed by atoms with E-state index in [1.165, 1.54) is 18.3 Å². The third-order valence-electron chi connectivity index (χ3n) is 6.51. The van der Waals surface area contributed by atoms with E-state index in [9.17, 15) is 36.0 Å². The number of benzene rings is 1. The van der Waals surface area contributed by atoms with Crippen molar-refractivity contribution in [1.29, 1.82) is 0 Å². The lowest BCUT2D eigenvalue weighted by atomic mass is 10.0. The summed E-state index contributed by atoms with van der Waals surface area (Å²) in [6, 6.07) is 5.34. The Kier molecular flexibility index (Phi) is 8.27. The first-order valence-electron chi connectivity index (χ1n) is 12.1. The van der Waals surface area contributed by atoms with Crippen LogP contribution in [0.1, 0.15) is 50.3 Å². The molecule has 0 radical (unpaired) electrons. The molecule has 3 heterocycles. The Labute approximate surface area is 231 Å². The minimum absolute atomic E-state index is 0.0376. The summed E-state index contributed by atoms with van der Waals surface area (Å²) < 4.78 is 68.8. The molecule has 2 aromatic heterocycles. The fourth-order valence-electron chi connectivity index (χ4n) is 4.57. The molecule has 3 aromatic rings. The summed E-state index contributed by atoms with van der Waals surface area (Å²) in [6.45, 7) is 3.41. The molecule has 4 rings (SSSR count). The van der Waals surface area contributed by atoms with Gasteiger partial charge in [0.1, 0.15) is 4.21 Å². The van der Waals surface area contributed by atoms with E-state index in [0.717, 1.165) is 49.0 Å². The Balaban J connectivity index is 1.62. The Morgan fingerprint density at radius 3 is 2.36 bits per heavy atom. The molecule has 1 aliphatic rings. The van der Waals surface area contributed by atoms with Crippen LogP contribution in [0, 0.1) is 0 Å². The van der Waals surface area contributed by atoms with Gasteiger partial charge in [-0.05, 0) is 69.5 Å². The van der Waals surface area contributed by atoms with Crippen LogP contribution in [0.25, 0.3) is 5.69 Å². The number of aryl methyl sites for hydroxylation is 1. The fraction of sp³-hybridized carbons (Fsp3) is 0.400. The second-order valence-corrected chi connectivity index (χ2v) is 13.3. The lowest BCUT2D eigenvalue weighted by Crippen LogP contribution is -2.42. The highest BCUT2D eigenvalue weighted by Crippen LogP contribution is 2.33. The van der Waals surface area contributed by atoms with Gasteiger partial charge in [-0.25, -0.2) is 13.2 Å². The molecule has 0 spiro atoms. The van der Waals surface area contributed by atoms with Gasteiger partial charge in [-0.1, -0.05) is 11.6 Å². The molecule has 0 aliphatic carbocycles. The molecule has 1 aliphatic heterocycles. The maximum absolute atomic E-state index is 13.2. The maximum atomic E-state index is 13.2. The van der Waals surface area contributed by atoms with Gasteiger partial charge in [-0.2, -0.15) is 17.5 Å². The van der Waals surface area contributed by atoms with E-state index < -0.39 is 45.1 Å². The van der Waals surface area contributed by atoms with E-state index in [2.05, 4.69) is 0 Å². The molecule has 0 saturated carbocycles. The maximum Gasteiger partial charge on any atom is 0.416 e. The largest absolute Gasteiger partial charge is 0.416 e. The van der Waals surface area contributed by atoms with E-state index in [1.54, 1.807) is 13.8 Å². The predicted octanol–water partition coefficient (Wildman–Crippen LogP) is 4.67. The van der Waals surface area contributed by atoms with Crippen molar-refractivity contribution in [3.05, 3.63) is 78.9 Å². The number of rotatable bonds is 8. The summed E-state index contributed by atoms with van der Waals surface area (Å²) in [7, 11) is -3.93. The fourth-order valence-corrected chi connectivity index (χ4v) is 7.86. The number of carbonyl (C=O) groups is 1. The summed E-state index contributed by atoms with van der Waals surface area (Å²) in [4.78, 5) is 39.4. The van der Waals surface area contributed by atoms with Crippen LogP contribution in [0.3, 0.4) is 0 Å². The molecule has 0 N–H and O–H groups in total. The Morgan fingerprint density at radius 1 is 1.13 bits per heavy atom. The predicted molar refractivity (Wildman–Crippen MR) is 141 cm³/mol. The van der Waals surface area contributed by atoms with Crippen LogP contribution in [0.4, 0.5) is 13.2 Å². The molecule has 1 atom stereocenters. The van der Waals surface area contributed by atoms with Crippen molar-refractivity contribution in [1.82, 2.24) is 13.4 Å². The Hall–Kier alpha value is -2.74. The SMILES string of the molecule is CC(C)n1c(=O)c(CCC(=O)[C@@H]2CCCN2S(=O)(=O)c2ccc(Cl)s2)cn(-c2ccc(C(F)(F)F)cc2)c1=O. The Morgan fingerprint density at radius 2 is 1.79 bits per heavy atom. The highest BCUT2D eigenvalue weighted by Gasteiger charge is 2.39. The highest BCUT2D eigenvalue weighted by molar-refractivity contribution is 7.91. The standard InChI is InChI=1S/C25H25ClF3N3O5S2/c1-15(2)32-23(34)16(14-30(24(32)35)18-8-6-17(7-9-18)25(27,28)29)5-10-20(33)19-4-3-13-31(19)39(36,37)22-12-11-21(26)38-22/h6-9,11-12,14-15,19H,3-5,10,13H2,1-2H3/t19-/m0/s1. The molecule has 0 amide bonds. The normalized spacial score (nSPS) is 16.7. The van der Waals surface area contributed by atoms with Crippen LogP contribution in [-0.2, 0) is 27.4 Å². The Bertz CT molecular complexity index is 1610. The molecular formula is C25H25ClF3N3O5S2. The van der Waals surface area contributed by atoms with Crippen molar-refractivity contribution in [2.75, 3.05) is 6.54 Å². The number of halogens is 4. The smallest absolute Gasteiger partial charge is 0.298 e. The molecule has 8 nitrogen and oxygen atoms in total. The summed E-state index contributed by atoms with van der Waals surface area (Å²) in [5, 5.41) is 0. The minimum Gasteiger partial charge on any atom is -0.298 e. The van der Waals surface area contributed by atoms with Crippen molar-refractivity contribution in [3.63, 3.8) is 0 Å². The summed E-state index contributed by atoms with van der Waals surface area (Å²) in [5.41, 5.74) is -2.00. The average Bonchev–Trinajstić information content (AvgIpc) is 3.53. The van der Waals surface area contributed by atoms with Gasteiger partial charge in [-0.3, -0.25) is 18.7 Å². The number of Topliss-reactive ketones (excluding diaryl/α,β-unsaturated/α-hetero) is 1. The molecule has 0 unspecified atom stereocenters. The van der Waals surface area contributed by atoms with Crippen LogP contribution in [0.15, 0.2) is 56.4 Å². The quantitative estimate of drug-likeness (QED) is 0.373. The second-order valence-electron chi connectivity index (χ2n) is 9.42. The zero-order valence-electron chi connectivity index (χ0n) is 20.9. The third kappa shape index (κ3) is 5.91. The average molecular weight is 604 g/mol. The third-order valence-corrected chi connectivity index (χ3v) is 10.1. The van der Waals surface area contributed by atoms with Crippen LogP contribution in [0.2, 0.25) is 4.34 Å². The minimum atomic E-state index is -4.55. The van der Waals surface area contributed by atoms with Gasteiger partial charge in [0.15, 0.2) is 5.78 Å². The number of sulfonamides is 1. The molecule has 14 heteroatoms. The first-order valence-corrected chi connectivity index (χ1v) is 14.7. The molecule has 0 bridgehead atoms. The molecule has 1 saturated heterocycles. The number of ketones is 1. The van der Waals surface area contributed by atoms with Gasteiger partial charge in [-0.15, -0.1) is 11.3 Å². The molecule has 210 valence electrons. The number of hydrogen-bond donors (Lipinski definition) is 0. The van der Waals surface area contributed by atoms with Crippen LogP contribution < -0.4 is 11.2 Å². The van der Waals surface area contributed by atoms with Gasteiger partial charge in [0, 0.05) is 30.8 Å². The van der Waals surface area contributed by atoms with Crippen molar-refractivity contribution in [2.24, 2.45) is 0 Å². The van der Waals surface area contributed by atoms with Gasteiger partial charge in [0.2, 0.25) is 0 Å². The monoisotopic (exact) mass is 603 g/mol. The van der Waals surface area contributed by atoms with Gasteiger partial charge in [0.05, 0.1) is 21.6 Å². The lowest BCUT2D eigenvalue weighted by Gasteiger charge is -2.22. The first kappa shape index (κ1) is 29.2. The van der Waals surface area contributed by atoms with Crippen molar-refractivity contribution < 1.29 is 26.4 Å². The number of carbonyl (C=O) groups excluding carboxylic acids is 1. The lowest BCUT2D eigenvalue weighted by molar-refractivity contribution is -0.137. The zero-order chi connectivity index (χ0) is 28.7. The van der Waals surface area contributed by atoms with E-state index >= 15 is 0 Å². The van der Waals surface area contributed by atoms with Gasteiger partial charge >= 0.3 is 11.9 Å².